The zero-order valence-electron chi connectivity index (χ0n) is 11.0. The van der Waals surface area contributed by atoms with Crippen LogP contribution < -0.4 is 5.32 Å². The fourth-order valence-corrected chi connectivity index (χ4v) is 1.91. The minimum absolute atomic E-state index is 0.514. The minimum Gasteiger partial charge on any atom is -0.277 e. The number of pyridine rings is 1. The lowest BCUT2D eigenvalue weighted by molar-refractivity contribution is -0.150. The summed E-state index contributed by atoms with van der Waals surface area (Å²) >= 11 is 0. The summed E-state index contributed by atoms with van der Waals surface area (Å²) in [6.07, 6.45) is 1.59. The van der Waals surface area contributed by atoms with E-state index in [1.54, 1.807) is 31.3 Å². The molecule has 1 unspecified atom stereocenters. The molecule has 0 saturated carbocycles. The van der Waals surface area contributed by atoms with Gasteiger partial charge in [0, 0.05) is 6.20 Å². The van der Waals surface area contributed by atoms with E-state index in [-0.39, 0.29) is 0 Å². The van der Waals surface area contributed by atoms with Crippen LogP contribution in [0.15, 0.2) is 24.4 Å². The molecular formula is C13H15N3O3. The minimum atomic E-state index is -1.25. The van der Waals surface area contributed by atoms with Crippen molar-refractivity contribution in [1.82, 2.24) is 15.2 Å². The molecule has 0 bridgehead atoms. The van der Waals surface area contributed by atoms with Crippen LogP contribution in [0.3, 0.4) is 0 Å². The van der Waals surface area contributed by atoms with E-state index in [0.29, 0.717) is 5.69 Å². The second-order valence-electron chi connectivity index (χ2n) is 4.99. The first-order valence-corrected chi connectivity index (χ1v) is 5.95. The molecule has 0 spiro atoms. The number of nitrogens with zero attached hydrogens (tertiary/aromatic N) is 2. The molecular weight excluding hydrogens is 246 g/mol. The van der Waals surface area contributed by atoms with Crippen molar-refractivity contribution in [2.45, 2.75) is 26.8 Å². The van der Waals surface area contributed by atoms with Crippen LogP contribution in [-0.2, 0) is 9.59 Å². The Kier molecular flexibility index (Phi) is 3.09. The van der Waals surface area contributed by atoms with Gasteiger partial charge in [-0.25, -0.2) is 4.79 Å². The molecule has 6 nitrogen and oxygen atoms in total. The van der Waals surface area contributed by atoms with Gasteiger partial charge in [0.1, 0.15) is 5.41 Å². The molecule has 1 fully saturated rings. The number of urea groups is 1. The number of rotatable bonds is 2. The molecule has 2 rings (SSSR count). The third-order valence-electron chi connectivity index (χ3n) is 3.26. The molecule has 0 aliphatic carbocycles. The van der Waals surface area contributed by atoms with Crippen LogP contribution >= 0.6 is 0 Å². The maximum atomic E-state index is 12.3. The second kappa shape index (κ2) is 4.46. The van der Waals surface area contributed by atoms with Gasteiger partial charge in [0.25, 0.3) is 0 Å². The van der Waals surface area contributed by atoms with Gasteiger partial charge in [0.2, 0.25) is 11.8 Å². The fraction of sp³-hybridized carbons (Fsp3) is 0.385. The van der Waals surface area contributed by atoms with Gasteiger partial charge in [-0.3, -0.25) is 24.8 Å². The summed E-state index contributed by atoms with van der Waals surface area (Å²) in [5, 5.41) is 2.20. The Balaban J connectivity index is 2.36. The van der Waals surface area contributed by atoms with Gasteiger partial charge in [-0.1, -0.05) is 6.07 Å². The molecule has 1 aromatic heterocycles. The van der Waals surface area contributed by atoms with Crippen LogP contribution in [0.1, 0.15) is 32.5 Å². The van der Waals surface area contributed by atoms with E-state index in [9.17, 15) is 14.4 Å². The number of hydrogen-bond acceptors (Lipinski definition) is 4. The summed E-state index contributed by atoms with van der Waals surface area (Å²) in [4.78, 5) is 41.0. The van der Waals surface area contributed by atoms with E-state index in [1.165, 1.54) is 13.8 Å². The van der Waals surface area contributed by atoms with E-state index >= 15 is 0 Å². The molecule has 1 aliphatic rings. The number of imide groups is 2. The Morgan fingerprint density at radius 2 is 1.95 bits per heavy atom. The van der Waals surface area contributed by atoms with Crippen molar-refractivity contribution in [3.8, 4) is 0 Å². The first kappa shape index (κ1) is 13.2. The highest BCUT2D eigenvalue weighted by atomic mass is 16.2. The molecule has 0 radical (unpaired) electrons. The summed E-state index contributed by atoms with van der Waals surface area (Å²) in [5.74, 6) is -1.09. The SMILES string of the molecule is CC(c1ccccn1)N1C(=O)NC(=O)C(C)(C)C1=O. The van der Waals surface area contributed by atoms with Crippen molar-refractivity contribution in [3.05, 3.63) is 30.1 Å². The Labute approximate surface area is 110 Å². The van der Waals surface area contributed by atoms with Crippen molar-refractivity contribution < 1.29 is 14.4 Å². The normalized spacial score (nSPS) is 20.2. The number of nitrogens with one attached hydrogen (secondary N) is 1. The van der Waals surface area contributed by atoms with Crippen molar-refractivity contribution in [2.24, 2.45) is 5.41 Å². The fourth-order valence-electron chi connectivity index (χ4n) is 1.91. The average Bonchev–Trinajstić information content (AvgIpc) is 2.38. The van der Waals surface area contributed by atoms with Crippen LogP contribution in [0.5, 0.6) is 0 Å². The van der Waals surface area contributed by atoms with Gasteiger partial charge in [0.15, 0.2) is 0 Å². The Hall–Kier alpha value is -2.24. The molecule has 1 atom stereocenters. The molecule has 100 valence electrons. The quantitative estimate of drug-likeness (QED) is 0.812. The van der Waals surface area contributed by atoms with Crippen molar-refractivity contribution >= 4 is 17.8 Å². The lowest BCUT2D eigenvalue weighted by Gasteiger charge is -2.37. The molecule has 1 aliphatic heterocycles. The molecule has 0 aromatic carbocycles. The number of aromatic nitrogens is 1. The lowest BCUT2D eigenvalue weighted by atomic mass is 9.88. The van der Waals surface area contributed by atoms with Crippen molar-refractivity contribution in [2.75, 3.05) is 0 Å². The van der Waals surface area contributed by atoms with E-state index in [2.05, 4.69) is 10.3 Å². The predicted octanol–water partition coefficient (Wildman–Crippen LogP) is 1.25. The zero-order valence-corrected chi connectivity index (χ0v) is 11.0. The first-order valence-electron chi connectivity index (χ1n) is 5.95. The van der Waals surface area contributed by atoms with E-state index in [0.717, 1.165) is 4.90 Å². The smallest absolute Gasteiger partial charge is 0.277 e. The van der Waals surface area contributed by atoms with E-state index in [4.69, 9.17) is 0 Å². The van der Waals surface area contributed by atoms with Crippen LogP contribution in [0.2, 0.25) is 0 Å². The van der Waals surface area contributed by atoms with Gasteiger partial charge in [-0.05, 0) is 32.9 Å². The molecule has 6 heteroatoms. The maximum absolute atomic E-state index is 12.3. The Bertz CT molecular complexity index is 539. The van der Waals surface area contributed by atoms with Crippen LogP contribution in [-0.4, -0.2) is 27.7 Å². The van der Waals surface area contributed by atoms with Gasteiger partial charge in [-0.15, -0.1) is 0 Å². The van der Waals surface area contributed by atoms with Gasteiger partial charge < -0.3 is 0 Å². The number of barbiturate groups is 1. The lowest BCUT2D eigenvalue weighted by Crippen LogP contribution is -2.62. The first-order chi connectivity index (χ1) is 8.85. The van der Waals surface area contributed by atoms with Gasteiger partial charge in [-0.2, -0.15) is 0 Å². The van der Waals surface area contributed by atoms with Crippen molar-refractivity contribution in [1.29, 1.82) is 0 Å². The Morgan fingerprint density at radius 1 is 1.26 bits per heavy atom. The number of amides is 4. The summed E-state index contributed by atoms with van der Waals surface area (Å²) in [7, 11) is 0. The third kappa shape index (κ3) is 2.09. The summed E-state index contributed by atoms with van der Waals surface area (Å²) < 4.78 is 0. The van der Waals surface area contributed by atoms with Gasteiger partial charge in [0.05, 0.1) is 11.7 Å². The number of carbonyl (C=O) groups excluding carboxylic acids is 3. The van der Waals surface area contributed by atoms with E-state index in [1.807, 2.05) is 0 Å². The van der Waals surface area contributed by atoms with Crippen LogP contribution in [0.25, 0.3) is 0 Å². The highest BCUT2D eigenvalue weighted by Crippen LogP contribution is 2.29. The molecule has 4 amide bonds. The van der Waals surface area contributed by atoms with E-state index < -0.39 is 29.3 Å². The molecule has 19 heavy (non-hydrogen) atoms. The number of carbonyl (C=O) groups is 3. The molecule has 2 heterocycles. The van der Waals surface area contributed by atoms with Crippen LogP contribution in [0, 0.1) is 5.41 Å². The standard InChI is InChI=1S/C13H15N3O3/c1-8(9-6-4-5-7-14-9)16-11(18)13(2,3)10(17)15-12(16)19/h4-8H,1-3H3,(H,15,17,19). The summed E-state index contributed by atoms with van der Waals surface area (Å²) in [6, 6.07) is 4.03. The topological polar surface area (TPSA) is 79.4 Å². The summed E-state index contributed by atoms with van der Waals surface area (Å²) in [6.45, 7) is 4.69. The number of hydrogen-bond donors (Lipinski definition) is 1. The highest BCUT2D eigenvalue weighted by Gasteiger charge is 2.48. The Morgan fingerprint density at radius 3 is 2.53 bits per heavy atom. The summed E-state index contributed by atoms with van der Waals surface area (Å²) in [5.41, 5.74) is -0.659. The monoisotopic (exact) mass is 261 g/mol. The molecule has 1 saturated heterocycles. The molecule has 1 N–H and O–H groups in total. The largest absolute Gasteiger partial charge is 0.331 e. The molecule has 1 aromatic rings. The zero-order chi connectivity index (χ0) is 14.2. The predicted molar refractivity (Wildman–Crippen MR) is 66.8 cm³/mol. The third-order valence-corrected chi connectivity index (χ3v) is 3.26. The maximum Gasteiger partial charge on any atom is 0.331 e. The van der Waals surface area contributed by atoms with Crippen molar-refractivity contribution in [3.63, 3.8) is 0 Å². The van der Waals surface area contributed by atoms with Crippen LogP contribution in [0.4, 0.5) is 4.79 Å². The second-order valence-corrected chi connectivity index (χ2v) is 4.99. The average molecular weight is 261 g/mol. The highest BCUT2D eigenvalue weighted by molar-refractivity contribution is 6.18. The van der Waals surface area contributed by atoms with Gasteiger partial charge >= 0.3 is 6.03 Å².